The Balaban J connectivity index is 1.71. The third-order valence-electron chi connectivity index (χ3n) is 2.95. The molecule has 1 aromatic rings. The minimum absolute atomic E-state index is 0.0409. The highest BCUT2D eigenvalue weighted by atomic mass is 16.5. The van der Waals surface area contributed by atoms with Crippen LogP contribution in [0.4, 0.5) is 0 Å². The number of ether oxygens (including phenoxy) is 1. The van der Waals surface area contributed by atoms with Crippen molar-refractivity contribution in [1.29, 1.82) is 0 Å². The van der Waals surface area contributed by atoms with Gasteiger partial charge in [-0.05, 0) is 19.1 Å². The van der Waals surface area contributed by atoms with Gasteiger partial charge in [0.2, 0.25) is 5.91 Å². The van der Waals surface area contributed by atoms with Crippen molar-refractivity contribution in [1.82, 2.24) is 10.2 Å². The summed E-state index contributed by atoms with van der Waals surface area (Å²) in [5.74, 6) is 0.716. The number of aryl methyl sites for hydroxylation is 1. The van der Waals surface area contributed by atoms with Gasteiger partial charge in [0.1, 0.15) is 5.76 Å². The quantitative estimate of drug-likeness (QED) is 0.864. The minimum Gasteiger partial charge on any atom is -0.456 e. The Morgan fingerprint density at radius 2 is 2.05 bits per heavy atom. The molecule has 2 amide bonds. The molecule has 1 aromatic heterocycles. The van der Waals surface area contributed by atoms with E-state index in [1.807, 2.05) is 0 Å². The molecule has 0 aliphatic carbocycles. The summed E-state index contributed by atoms with van der Waals surface area (Å²) < 4.78 is 10.4. The molecule has 1 aliphatic heterocycles. The van der Waals surface area contributed by atoms with Crippen LogP contribution in [0.1, 0.15) is 22.7 Å². The highest BCUT2D eigenvalue weighted by Crippen LogP contribution is 2.06. The fourth-order valence-corrected chi connectivity index (χ4v) is 1.90. The first kappa shape index (κ1) is 13.6. The van der Waals surface area contributed by atoms with Gasteiger partial charge in [-0.1, -0.05) is 0 Å². The molecule has 0 saturated carbocycles. The molecule has 0 aromatic carbocycles. The van der Waals surface area contributed by atoms with Crippen molar-refractivity contribution in [2.45, 2.75) is 13.3 Å². The predicted octanol–water partition coefficient (Wildman–Crippen LogP) is 0.567. The summed E-state index contributed by atoms with van der Waals surface area (Å²) in [7, 11) is 0. The van der Waals surface area contributed by atoms with Crippen LogP contribution in [0.5, 0.6) is 0 Å². The third-order valence-corrected chi connectivity index (χ3v) is 2.95. The number of hydrogen-bond donors (Lipinski definition) is 1. The van der Waals surface area contributed by atoms with Crippen LogP contribution >= 0.6 is 0 Å². The molecule has 1 saturated heterocycles. The second kappa shape index (κ2) is 6.38. The number of rotatable bonds is 4. The summed E-state index contributed by atoms with van der Waals surface area (Å²) >= 11 is 0. The lowest BCUT2D eigenvalue weighted by Crippen LogP contribution is -2.42. The van der Waals surface area contributed by atoms with Crippen molar-refractivity contribution in [3.05, 3.63) is 23.7 Å². The summed E-state index contributed by atoms with van der Waals surface area (Å²) in [6, 6.07) is 3.35. The van der Waals surface area contributed by atoms with Crippen LogP contribution < -0.4 is 5.32 Å². The van der Waals surface area contributed by atoms with E-state index in [4.69, 9.17) is 9.15 Å². The Bertz CT molecular complexity index is 449. The smallest absolute Gasteiger partial charge is 0.287 e. The van der Waals surface area contributed by atoms with E-state index in [9.17, 15) is 9.59 Å². The fourth-order valence-electron chi connectivity index (χ4n) is 1.90. The Kier molecular flexibility index (Phi) is 4.57. The molecule has 0 spiro atoms. The molecule has 1 fully saturated rings. The standard InChI is InChI=1S/C13H18N2O4/c1-10-2-3-11(19-10)13(17)14-5-4-12(16)15-6-8-18-9-7-15/h2-3H,4-9H2,1H3,(H,14,17). The van der Waals surface area contributed by atoms with Gasteiger partial charge in [0, 0.05) is 26.1 Å². The summed E-state index contributed by atoms with van der Waals surface area (Å²) in [5.41, 5.74) is 0. The molecule has 0 unspecified atom stereocenters. The largest absolute Gasteiger partial charge is 0.456 e. The van der Waals surface area contributed by atoms with Gasteiger partial charge >= 0.3 is 0 Å². The van der Waals surface area contributed by atoms with E-state index < -0.39 is 0 Å². The van der Waals surface area contributed by atoms with Crippen LogP contribution in [0.2, 0.25) is 0 Å². The molecule has 0 radical (unpaired) electrons. The normalized spacial score (nSPS) is 15.3. The minimum atomic E-state index is -0.289. The van der Waals surface area contributed by atoms with Crippen LogP contribution in [0.25, 0.3) is 0 Å². The lowest BCUT2D eigenvalue weighted by atomic mass is 10.3. The molecule has 0 atom stereocenters. The number of carbonyl (C=O) groups is 2. The average Bonchev–Trinajstić information content (AvgIpc) is 2.86. The van der Waals surface area contributed by atoms with Gasteiger partial charge < -0.3 is 19.4 Å². The summed E-state index contributed by atoms with van der Waals surface area (Å²) in [4.78, 5) is 25.2. The number of morpholine rings is 1. The second-order valence-corrected chi connectivity index (χ2v) is 4.41. The summed E-state index contributed by atoms with van der Waals surface area (Å²) in [6.07, 6.45) is 0.297. The molecular weight excluding hydrogens is 248 g/mol. The third kappa shape index (κ3) is 3.82. The number of nitrogens with zero attached hydrogens (tertiary/aromatic N) is 1. The molecular formula is C13H18N2O4. The molecule has 6 heteroatoms. The topological polar surface area (TPSA) is 71.8 Å². The molecule has 1 N–H and O–H groups in total. The molecule has 1 aliphatic rings. The van der Waals surface area contributed by atoms with Gasteiger partial charge in [0.25, 0.3) is 5.91 Å². The molecule has 6 nitrogen and oxygen atoms in total. The first-order valence-electron chi connectivity index (χ1n) is 6.37. The number of furan rings is 1. The van der Waals surface area contributed by atoms with Crippen molar-refractivity contribution in [3.63, 3.8) is 0 Å². The van der Waals surface area contributed by atoms with Crippen molar-refractivity contribution >= 4 is 11.8 Å². The Morgan fingerprint density at radius 3 is 2.68 bits per heavy atom. The average molecular weight is 266 g/mol. The van der Waals surface area contributed by atoms with Crippen molar-refractivity contribution in [3.8, 4) is 0 Å². The lowest BCUT2D eigenvalue weighted by Gasteiger charge is -2.26. The first-order valence-corrected chi connectivity index (χ1v) is 6.37. The zero-order chi connectivity index (χ0) is 13.7. The number of nitrogens with one attached hydrogen (secondary N) is 1. The highest BCUT2D eigenvalue weighted by Gasteiger charge is 2.17. The number of carbonyl (C=O) groups excluding carboxylic acids is 2. The fraction of sp³-hybridized carbons (Fsp3) is 0.538. The lowest BCUT2D eigenvalue weighted by molar-refractivity contribution is -0.135. The maximum atomic E-state index is 11.8. The van der Waals surface area contributed by atoms with Crippen molar-refractivity contribution < 1.29 is 18.7 Å². The van der Waals surface area contributed by atoms with E-state index >= 15 is 0 Å². The molecule has 19 heavy (non-hydrogen) atoms. The molecule has 104 valence electrons. The number of hydrogen-bond acceptors (Lipinski definition) is 4. The summed E-state index contributed by atoms with van der Waals surface area (Å²) in [6.45, 7) is 4.52. The van der Waals surface area contributed by atoms with E-state index in [2.05, 4.69) is 5.32 Å². The zero-order valence-electron chi connectivity index (χ0n) is 11.0. The zero-order valence-corrected chi connectivity index (χ0v) is 11.0. The molecule has 2 rings (SSSR count). The maximum Gasteiger partial charge on any atom is 0.287 e. The van der Waals surface area contributed by atoms with Crippen LogP contribution in [0, 0.1) is 6.92 Å². The van der Waals surface area contributed by atoms with Crippen LogP contribution in [-0.4, -0.2) is 49.6 Å². The second-order valence-electron chi connectivity index (χ2n) is 4.41. The SMILES string of the molecule is Cc1ccc(C(=O)NCCC(=O)N2CCOCC2)o1. The van der Waals surface area contributed by atoms with Gasteiger partial charge in [-0.3, -0.25) is 9.59 Å². The molecule has 2 heterocycles. The van der Waals surface area contributed by atoms with Crippen molar-refractivity contribution in [2.75, 3.05) is 32.8 Å². The van der Waals surface area contributed by atoms with Gasteiger partial charge in [-0.25, -0.2) is 0 Å². The molecule has 0 bridgehead atoms. The van der Waals surface area contributed by atoms with Gasteiger partial charge in [-0.15, -0.1) is 0 Å². The van der Waals surface area contributed by atoms with E-state index in [-0.39, 0.29) is 17.6 Å². The number of amides is 2. The Labute approximate surface area is 111 Å². The Hall–Kier alpha value is -1.82. The van der Waals surface area contributed by atoms with Crippen LogP contribution in [-0.2, 0) is 9.53 Å². The van der Waals surface area contributed by atoms with Gasteiger partial charge in [0.15, 0.2) is 5.76 Å². The van der Waals surface area contributed by atoms with E-state index in [0.717, 1.165) is 0 Å². The van der Waals surface area contributed by atoms with E-state index in [1.165, 1.54) is 0 Å². The Morgan fingerprint density at radius 1 is 1.32 bits per heavy atom. The highest BCUT2D eigenvalue weighted by molar-refractivity contribution is 5.91. The van der Waals surface area contributed by atoms with Crippen molar-refractivity contribution in [2.24, 2.45) is 0 Å². The van der Waals surface area contributed by atoms with Gasteiger partial charge in [0.05, 0.1) is 13.2 Å². The summed E-state index contributed by atoms with van der Waals surface area (Å²) in [5, 5.41) is 2.67. The maximum absolute atomic E-state index is 11.8. The van der Waals surface area contributed by atoms with Crippen LogP contribution in [0.3, 0.4) is 0 Å². The van der Waals surface area contributed by atoms with E-state index in [0.29, 0.717) is 45.0 Å². The monoisotopic (exact) mass is 266 g/mol. The van der Waals surface area contributed by atoms with Crippen LogP contribution in [0.15, 0.2) is 16.5 Å². The first-order chi connectivity index (χ1) is 9.16. The van der Waals surface area contributed by atoms with Gasteiger partial charge in [-0.2, -0.15) is 0 Å². The van der Waals surface area contributed by atoms with E-state index in [1.54, 1.807) is 24.0 Å². The predicted molar refractivity (Wildman–Crippen MR) is 67.8 cm³/mol.